The van der Waals surface area contributed by atoms with E-state index in [0.29, 0.717) is 36.0 Å². The monoisotopic (exact) mass is 446 g/mol. The van der Waals surface area contributed by atoms with Gasteiger partial charge in [0.1, 0.15) is 5.76 Å². The summed E-state index contributed by atoms with van der Waals surface area (Å²) in [6.07, 6.45) is 0.654. The first-order valence-corrected chi connectivity index (χ1v) is 9.89. The minimum atomic E-state index is -0.362. The molecule has 2 amide bonds. The third-order valence-corrected chi connectivity index (χ3v) is 5.89. The molecule has 3 heterocycles. The lowest BCUT2D eigenvalue weighted by Gasteiger charge is -2.26. The Balaban J connectivity index is 1.48. The largest absolute Gasteiger partial charge is 0.361 e. The number of halogens is 1. The van der Waals surface area contributed by atoms with E-state index in [1.165, 1.54) is 11.3 Å². The van der Waals surface area contributed by atoms with E-state index >= 15 is 0 Å². The fourth-order valence-electron chi connectivity index (χ4n) is 2.86. The molecule has 7 nitrogen and oxygen atoms in total. The number of amides is 2. The fraction of sp³-hybridized carbons (Fsp3) is 0.222. The van der Waals surface area contributed by atoms with Crippen molar-refractivity contribution >= 4 is 44.2 Å². The molecule has 4 rings (SSSR count). The van der Waals surface area contributed by atoms with Gasteiger partial charge in [0.2, 0.25) is 0 Å². The maximum absolute atomic E-state index is 12.8. The topological polar surface area (TPSA) is 88.3 Å². The second kappa shape index (κ2) is 7.24. The first-order valence-electron chi connectivity index (χ1n) is 8.28. The lowest BCUT2D eigenvalue weighted by molar-refractivity contribution is 0.0735. The molecule has 0 atom stereocenters. The van der Waals surface area contributed by atoms with Gasteiger partial charge in [0, 0.05) is 28.4 Å². The van der Waals surface area contributed by atoms with E-state index in [4.69, 9.17) is 4.52 Å². The standard InChI is InChI=1S/C18H15BrN4O3S/c1-10-8-14(22-26-10)16(24)21-18-20-13-6-7-23(9-15(13)27-18)17(25)11-4-2-3-5-12(11)19/h2-5,8H,6-7,9H2,1H3,(H,20,21,24). The number of aromatic nitrogens is 2. The van der Waals surface area contributed by atoms with Crippen molar-refractivity contribution in [3.63, 3.8) is 0 Å². The van der Waals surface area contributed by atoms with E-state index in [0.717, 1.165) is 15.0 Å². The molecule has 0 bridgehead atoms. The number of carbonyl (C=O) groups is 2. The first-order chi connectivity index (χ1) is 13.0. The molecule has 1 aromatic carbocycles. The zero-order chi connectivity index (χ0) is 19.0. The molecule has 0 unspecified atom stereocenters. The Kier molecular flexibility index (Phi) is 4.79. The van der Waals surface area contributed by atoms with Crippen molar-refractivity contribution < 1.29 is 14.1 Å². The van der Waals surface area contributed by atoms with Gasteiger partial charge in [0.15, 0.2) is 10.8 Å². The maximum atomic E-state index is 12.8. The number of aryl methyl sites for hydroxylation is 1. The second-order valence-corrected chi connectivity index (χ2v) is 8.06. The number of thiazole rings is 1. The van der Waals surface area contributed by atoms with Crippen LogP contribution < -0.4 is 5.32 Å². The number of fused-ring (bicyclic) bond motifs is 1. The van der Waals surface area contributed by atoms with Gasteiger partial charge < -0.3 is 9.42 Å². The van der Waals surface area contributed by atoms with Crippen LogP contribution in [-0.4, -0.2) is 33.4 Å². The van der Waals surface area contributed by atoms with Crippen molar-refractivity contribution in [1.82, 2.24) is 15.0 Å². The van der Waals surface area contributed by atoms with Crippen LogP contribution in [0.15, 0.2) is 39.3 Å². The summed E-state index contributed by atoms with van der Waals surface area (Å²) in [7, 11) is 0. The molecule has 9 heteroatoms. The van der Waals surface area contributed by atoms with Crippen LogP contribution in [0.3, 0.4) is 0 Å². The minimum absolute atomic E-state index is 0.0230. The summed E-state index contributed by atoms with van der Waals surface area (Å²) in [6, 6.07) is 8.96. The summed E-state index contributed by atoms with van der Waals surface area (Å²) in [6.45, 7) is 2.79. The van der Waals surface area contributed by atoms with E-state index in [1.54, 1.807) is 24.0 Å². The highest BCUT2D eigenvalue weighted by Crippen LogP contribution is 2.30. The van der Waals surface area contributed by atoms with E-state index in [9.17, 15) is 9.59 Å². The van der Waals surface area contributed by atoms with Gasteiger partial charge in [-0.2, -0.15) is 0 Å². The number of carbonyl (C=O) groups excluding carboxylic acids is 2. The SMILES string of the molecule is Cc1cc(C(=O)Nc2nc3c(s2)CN(C(=O)c2ccccc2Br)CC3)no1. The highest BCUT2D eigenvalue weighted by molar-refractivity contribution is 9.10. The van der Waals surface area contributed by atoms with Gasteiger partial charge in [0.25, 0.3) is 11.8 Å². The Labute approximate surface area is 167 Å². The van der Waals surface area contributed by atoms with Gasteiger partial charge >= 0.3 is 0 Å². The Hall–Kier alpha value is -2.52. The Morgan fingerprint density at radius 1 is 1.33 bits per heavy atom. The zero-order valence-corrected chi connectivity index (χ0v) is 16.8. The van der Waals surface area contributed by atoms with E-state index in [2.05, 4.69) is 31.4 Å². The Bertz CT molecular complexity index is 1030. The number of hydrogen-bond acceptors (Lipinski definition) is 6. The molecular formula is C18H15BrN4O3S. The molecule has 1 aliphatic rings. The van der Waals surface area contributed by atoms with Crippen LogP contribution in [0.2, 0.25) is 0 Å². The van der Waals surface area contributed by atoms with Crippen LogP contribution in [0.5, 0.6) is 0 Å². The number of benzene rings is 1. The first kappa shape index (κ1) is 17.9. The Morgan fingerprint density at radius 3 is 2.89 bits per heavy atom. The van der Waals surface area contributed by atoms with E-state index in [1.807, 2.05) is 18.2 Å². The van der Waals surface area contributed by atoms with Crippen molar-refractivity contribution in [2.24, 2.45) is 0 Å². The summed E-state index contributed by atoms with van der Waals surface area (Å²) in [5.74, 6) is 0.184. The van der Waals surface area contributed by atoms with E-state index in [-0.39, 0.29) is 17.5 Å². The minimum Gasteiger partial charge on any atom is -0.361 e. The van der Waals surface area contributed by atoms with E-state index < -0.39 is 0 Å². The van der Waals surface area contributed by atoms with Crippen LogP contribution in [0.1, 0.15) is 37.2 Å². The quantitative estimate of drug-likeness (QED) is 0.662. The third kappa shape index (κ3) is 3.65. The number of hydrogen-bond donors (Lipinski definition) is 1. The average Bonchev–Trinajstić information content (AvgIpc) is 3.26. The van der Waals surface area contributed by atoms with Gasteiger partial charge in [-0.3, -0.25) is 14.9 Å². The van der Waals surface area contributed by atoms with Crippen molar-refractivity contribution in [2.45, 2.75) is 19.9 Å². The number of anilines is 1. The molecule has 138 valence electrons. The van der Waals surface area contributed by atoms with Crippen LogP contribution in [0, 0.1) is 6.92 Å². The lowest BCUT2D eigenvalue weighted by atomic mass is 10.1. The van der Waals surface area contributed by atoms with Crippen LogP contribution in [-0.2, 0) is 13.0 Å². The van der Waals surface area contributed by atoms with Gasteiger partial charge in [-0.15, -0.1) is 0 Å². The number of rotatable bonds is 3. The molecule has 0 saturated heterocycles. The van der Waals surface area contributed by atoms with Crippen LogP contribution >= 0.6 is 27.3 Å². The molecule has 1 N–H and O–H groups in total. The van der Waals surface area contributed by atoms with Crippen molar-refractivity contribution in [1.29, 1.82) is 0 Å². The maximum Gasteiger partial charge on any atom is 0.279 e. The molecule has 2 aromatic heterocycles. The normalized spacial score (nSPS) is 13.3. The molecule has 27 heavy (non-hydrogen) atoms. The van der Waals surface area contributed by atoms with Gasteiger partial charge in [-0.25, -0.2) is 4.98 Å². The predicted molar refractivity (Wildman–Crippen MR) is 104 cm³/mol. The van der Waals surface area contributed by atoms with Crippen molar-refractivity contribution in [3.05, 3.63) is 62.4 Å². The third-order valence-electron chi connectivity index (χ3n) is 4.20. The molecule has 1 aliphatic heterocycles. The lowest BCUT2D eigenvalue weighted by Crippen LogP contribution is -2.35. The molecule has 0 spiro atoms. The molecule has 0 aliphatic carbocycles. The van der Waals surface area contributed by atoms with Crippen LogP contribution in [0.25, 0.3) is 0 Å². The molecule has 0 saturated carbocycles. The summed E-state index contributed by atoms with van der Waals surface area (Å²) in [4.78, 5) is 32.3. The Morgan fingerprint density at radius 2 is 2.15 bits per heavy atom. The predicted octanol–water partition coefficient (Wildman–Crippen LogP) is 3.65. The van der Waals surface area contributed by atoms with Gasteiger partial charge in [-0.1, -0.05) is 28.6 Å². The highest BCUT2D eigenvalue weighted by Gasteiger charge is 2.26. The van der Waals surface area contributed by atoms with Crippen molar-refractivity contribution in [2.75, 3.05) is 11.9 Å². The van der Waals surface area contributed by atoms with Gasteiger partial charge in [0.05, 0.1) is 17.8 Å². The average molecular weight is 447 g/mol. The highest BCUT2D eigenvalue weighted by atomic mass is 79.9. The molecule has 0 radical (unpaired) electrons. The summed E-state index contributed by atoms with van der Waals surface area (Å²) >= 11 is 4.81. The number of nitrogens with one attached hydrogen (secondary N) is 1. The fourth-order valence-corrected chi connectivity index (χ4v) is 4.34. The smallest absolute Gasteiger partial charge is 0.279 e. The number of nitrogens with zero attached hydrogens (tertiary/aromatic N) is 3. The summed E-state index contributed by atoms with van der Waals surface area (Å²) < 4.78 is 5.70. The summed E-state index contributed by atoms with van der Waals surface area (Å²) in [5, 5.41) is 6.95. The summed E-state index contributed by atoms with van der Waals surface area (Å²) in [5.41, 5.74) is 1.77. The molecule has 3 aromatic rings. The van der Waals surface area contributed by atoms with Gasteiger partial charge in [-0.05, 0) is 35.0 Å². The molecular weight excluding hydrogens is 432 g/mol. The zero-order valence-electron chi connectivity index (χ0n) is 14.4. The second-order valence-electron chi connectivity index (χ2n) is 6.12. The van der Waals surface area contributed by atoms with Crippen LogP contribution in [0.4, 0.5) is 5.13 Å². The molecule has 0 fully saturated rings. The van der Waals surface area contributed by atoms with Crippen molar-refractivity contribution in [3.8, 4) is 0 Å².